The van der Waals surface area contributed by atoms with E-state index in [2.05, 4.69) is 21.2 Å². The molecule has 3 N–H and O–H groups in total. The fourth-order valence-corrected chi connectivity index (χ4v) is 4.00. The van der Waals surface area contributed by atoms with Crippen LogP contribution in [-0.4, -0.2) is 73.6 Å². The molecule has 12 nitrogen and oxygen atoms in total. The van der Waals surface area contributed by atoms with E-state index in [0.29, 0.717) is 11.5 Å². The second kappa shape index (κ2) is 10.8. The Morgan fingerprint density at radius 1 is 1.17 bits per heavy atom. The molecule has 36 heavy (non-hydrogen) atoms. The summed E-state index contributed by atoms with van der Waals surface area (Å²) in [5.74, 6) is -1.34. The predicted molar refractivity (Wildman–Crippen MR) is 123 cm³/mol. The predicted octanol–water partition coefficient (Wildman–Crippen LogP) is 1.26. The number of hydrazine groups is 1. The molecule has 0 saturated carbocycles. The first-order valence-electron chi connectivity index (χ1n) is 11.4. The smallest absolute Gasteiger partial charge is 0.414 e. The molecule has 2 saturated heterocycles. The first kappa shape index (κ1) is 25.2. The van der Waals surface area contributed by atoms with Gasteiger partial charge in [-0.05, 0) is 6.92 Å². The minimum Gasteiger partial charge on any atom is -0.442 e. The number of benzene rings is 1. The maximum Gasteiger partial charge on any atom is 0.414 e. The lowest BCUT2D eigenvalue weighted by Gasteiger charge is -2.25. The molecule has 4 amide bonds. The first-order valence-corrected chi connectivity index (χ1v) is 11.4. The number of hydrogen-bond donors (Lipinski definition) is 3. The monoisotopic (exact) mass is 507 g/mol. The number of nitrogens with one attached hydrogen (secondary N) is 3. The molecule has 3 heterocycles. The van der Waals surface area contributed by atoms with Crippen LogP contribution in [-0.2, 0) is 16.1 Å². The van der Waals surface area contributed by atoms with Gasteiger partial charge in [-0.25, -0.2) is 23.8 Å². The normalized spacial score (nSPS) is 18.2. The molecule has 2 fully saturated rings. The van der Waals surface area contributed by atoms with Crippen LogP contribution in [0.4, 0.5) is 29.7 Å². The summed E-state index contributed by atoms with van der Waals surface area (Å²) < 4.78 is 40.3. The Morgan fingerprint density at radius 3 is 2.58 bits per heavy atom. The van der Waals surface area contributed by atoms with Crippen molar-refractivity contribution in [2.75, 3.05) is 49.1 Å². The van der Waals surface area contributed by atoms with Crippen molar-refractivity contribution in [2.24, 2.45) is 0 Å². The van der Waals surface area contributed by atoms with Crippen LogP contribution in [0, 0.1) is 18.6 Å². The van der Waals surface area contributed by atoms with Crippen molar-refractivity contribution < 1.29 is 32.4 Å². The van der Waals surface area contributed by atoms with Gasteiger partial charge in [0.25, 0.3) is 0 Å². The van der Waals surface area contributed by atoms with Gasteiger partial charge in [0.15, 0.2) is 11.6 Å². The third-order valence-electron chi connectivity index (χ3n) is 5.70. The number of ether oxygens (including phenoxy) is 1. The molecule has 1 aromatic heterocycles. The Balaban J connectivity index is 1.38. The SMILES string of the molecule is CC(=O)NC[C@H]1CN(c2cc(F)c(N3CCNN(C(=O)NCc4cc(C)on4)CC3)c(F)c2)C(=O)O1. The van der Waals surface area contributed by atoms with Crippen LogP contribution in [0.2, 0.25) is 0 Å². The van der Waals surface area contributed by atoms with Crippen molar-refractivity contribution in [3.05, 3.63) is 41.3 Å². The molecule has 1 atom stereocenters. The van der Waals surface area contributed by atoms with Crippen molar-refractivity contribution in [3.8, 4) is 0 Å². The number of cyclic esters (lactones) is 1. The number of halogens is 2. The van der Waals surface area contributed by atoms with Crippen molar-refractivity contribution in [1.29, 1.82) is 0 Å². The number of aromatic nitrogens is 1. The van der Waals surface area contributed by atoms with E-state index in [9.17, 15) is 14.4 Å². The van der Waals surface area contributed by atoms with Crippen molar-refractivity contribution in [2.45, 2.75) is 26.5 Å². The summed E-state index contributed by atoms with van der Waals surface area (Å²) in [6.07, 6.45) is -1.38. The fourth-order valence-electron chi connectivity index (χ4n) is 4.00. The number of aryl methyl sites for hydroxylation is 1. The molecule has 2 aliphatic heterocycles. The minimum atomic E-state index is -0.845. The van der Waals surface area contributed by atoms with Crippen molar-refractivity contribution in [3.63, 3.8) is 0 Å². The average Bonchev–Trinajstić information content (AvgIpc) is 3.32. The lowest BCUT2D eigenvalue weighted by molar-refractivity contribution is -0.119. The summed E-state index contributed by atoms with van der Waals surface area (Å²) >= 11 is 0. The second-order valence-corrected chi connectivity index (χ2v) is 8.45. The van der Waals surface area contributed by atoms with Gasteiger partial charge in [-0.1, -0.05) is 5.16 Å². The van der Waals surface area contributed by atoms with E-state index < -0.39 is 29.9 Å². The standard InChI is InChI=1S/C22H27F2N7O5/c1-13-7-15(28-36-13)10-26-21(33)31-6-5-29(4-3-27-31)20-18(23)8-16(9-19(20)24)30-12-17(35-22(30)34)11-25-14(2)32/h7-9,17,27H,3-6,10-12H2,1-2H3,(H,25,32)(H,26,33)/t17-/m0/s1. The van der Waals surface area contributed by atoms with Crippen LogP contribution in [0.25, 0.3) is 0 Å². The van der Waals surface area contributed by atoms with Crippen LogP contribution < -0.4 is 25.9 Å². The summed E-state index contributed by atoms with van der Waals surface area (Å²) in [6, 6.07) is 3.44. The molecular weight excluding hydrogens is 480 g/mol. The molecule has 0 bridgehead atoms. The van der Waals surface area contributed by atoms with Gasteiger partial charge >= 0.3 is 12.1 Å². The zero-order chi connectivity index (χ0) is 25.8. The number of anilines is 2. The zero-order valence-electron chi connectivity index (χ0n) is 19.8. The second-order valence-electron chi connectivity index (χ2n) is 8.45. The number of carbonyl (C=O) groups is 3. The summed E-state index contributed by atoms with van der Waals surface area (Å²) in [5.41, 5.74) is 3.28. The largest absolute Gasteiger partial charge is 0.442 e. The Bertz CT molecular complexity index is 1120. The van der Waals surface area contributed by atoms with E-state index in [0.717, 1.165) is 17.0 Å². The van der Waals surface area contributed by atoms with Gasteiger partial charge in [0.1, 0.15) is 23.2 Å². The van der Waals surface area contributed by atoms with Gasteiger partial charge < -0.3 is 24.8 Å². The van der Waals surface area contributed by atoms with Crippen molar-refractivity contribution >= 4 is 29.4 Å². The Hall–Kier alpha value is -3.94. The number of nitrogens with zero attached hydrogens (tertiary/aromatic N) is 4. The highest BCUT2D eigenvalue weighted by Gasteiger charge is 2.34. The molecule has 0 radical (unpaired) electrons. The number of carbonyl (C=O) groups excluding carboxylic acids is 3. The highest BCUT2D eigenvalue weighted by atomic mass is 19.1. The van der Waals surface area contributed by atoms with Gasteiger partial charge in [0.05, 0.1) is 31.9 Å². The average molecular weight is 507 g/mol. The highest BCUT2D eigenvalue weighted by molar-refractivity contribution is 5.90. The molecule has 0 aliphatic carbocycles. The zero-order valence-corrected chi connectivity index (χ0v) is 19.8. The number of rotatable bonds is 6. The summed E-state index contributed by atoms with van der Waals surface area (Å²) in [6.45, 7) is 4.23. The molecular formula is C22H27F2N7O5. The minimum absolute atomic E-state index is 0.0149. The van der Waals surface area contributed by atoms with E-state index in [4.69, 9.17) is 9.26 Å². The van der Waals surface area contributed by atoms with Crippen LogP contribution in [0.1, 0.15) is 18.4 Å². The lowest BCUT2D eigenvalue weighted by Crippen LogP contribution is -2.48. The Morgan fingerprint density at radius 2 is 1.92 bits per heavy atom. The van der Waals surface area contributed by atoms with E-state index in [1.807, 2.05) is 0 Å². The maximum absolute atomic E-state index is 15.1. The molecule has 2 aliphatic rings. The first-order chi connectivity index (χ1) is 17.2. The van der Waals surface area contributed by atoms with E-state index in [1.165, 1.54) is 16.8 Å². The maximum atomic E-state index is 15.1. The van der Waals surface area contributed by atoms with Crippen LogP contribution >= 0.6 is 0 Å². The molecule has 4 rings (SSSR count). The molecule has 194 valence electrons. The fraction of sp³-hybridized carbons (Fsp3) is 0.455. The molecule has 0 spiro atoms. The van der Waals surface area contributed by atoms with Gasteiger partial charge in [0, 0.05) is 44.8 Å². The lowest BCUT2D eigenvalue weighted by atomic mass is 10.2. The number of amides is 4. The number of hydrogen-bond acceptors (Lipinski definition) is 8. The molecule has 1 aromatic carbocycles. The Labute approximate surface area is 205 Å². The van der Waals surface area contributed by atoms with Crippen LogP contribution in [0.15, 0.2) is 22.7 Å². The quantitative estimate of drug-likeness (QED) is 0.533. The summed E-state index contributed by atoms with van der Waals surface area (Å²) in [5, 5.41) is 10.4. The topological polar surface area (TPSA) is 132 Å². The van der Waals surface area contributed by atoms with Crippen LogP contribution in [0.5, 0.6) is 0 Å². The Kier molecular flexibility index (Phi) is 7.52. The molecule has 2 aromatic rings. The molecule has 14 heteroatoms. The van der Waals surface area contributed by atoms with Gasteiger partial charge in [-0.15, -0.1) is 0 Å². The van der Waals surface area contributed by atoms with E-state index >= 15 is 8.78 Å². The summed E-state index contributed by atoms with van der Waals surface area (Å²) in [7, 11) is 0. The summed E-state index contributed by atoms with van der Waals surface area (Å²) in [4.78, 5) is 38.4. The number of urea groups is 1. The third-order valence-corrected chi connectivity index (χ3v) is 5.70. The van der Waals surface area contributed by atoms with Gasteiger partial charge in [-0.3, -0.25) is 14.7 Å². The van der Waals surface area contributed by atoms with E-state index in [1.54, 1.807) is 13.0 Å². The van der Waals surface area contributed by atoms with E-state index in [-0.39, 0.29) is 63.1 Å². The molecule has 0 unspecified atom stereocenters. The van der Waals surface area contributed by atoms with Gasteiger partial charge in [0.2, 0.25) is 5.91 Å². The van der Waals surface area contributed by atoms with Gasteiger partial charge in [-0.2, -0.15) is 0 Å². The van der Waals surface area contributed by atoms with Crippen LogP contribution in [0.3, 0.4) is 0 Å². The van der Waals surface area contributed by atoms with Crippen molar-refractivity contribution in [1.82, 2.24) is 26.2 Å². The highest BCUT2D eigenvalue weighted by Crippen LogP contribution is 2.31. The third kappa shape index (κ3) is 5.82.